The van der Waals surface area contributed by atoms with Crippen LogP contribution in [0.15, 0.2) is 60.9 Å². The molecule has 0 bridgehead atoms. The molecule has 0 saturated heterocycles. The Morgan fingerprint density at radius 3 is 2.67 bits per heavy atom. The van der Waals surface area contributed by atoms with E-state index in [1.165, 1.54) is 36.7 Å². The Morgan fingerprint density at radius 2 is 1.94 bits per heavy atom. The van der Waals surface area contributed by atoms with E-state index in [0.29, 0.717) is 23.8 Å². The zero-order valence-electron chi connectivity index (χ0n) is 17.6. The van der Waals surface area contributed by atoms with Gasteiger partial charge in [-0.05, 0) is 36.2 Å². The number of amides is 1. The number of halogens is 3. The van der Waals surface area contributed by atoms with Crippen molar-refractivity contribution in [2.24, 2.45) is 5.73 Å². The fourth-order valence-corrected chi connectivity index (χ4v) is 4.43. The van der Waals surface area contributed by atoms with E-state index in [2.05, 4.69) is 16.1 Å². The molecule has 1 amide bonds. The number of benzene rings is 2. The van der Waals surface area contributed by atoms with Crippen LogP contribution in [0.5, 0.6) is 0 Å². The predicted molar refractivity (Wildman–Crippen MR) is 122 cm³/mol. The van der Waals surface area contributed by atoms with Gasteiger partial charge in [-0.15, -0.1) is 11.3 Å². The van der Waals surface area contributed by atoms with Crippen molar-refractivity contribution >= 4 is 33.6 Å². The molecule has 2 aromatic carbocycles. The minimum absolute atomic E-state index is 0.0799. The molecule has 0 spiro atoms. The minimum Gasteiger partial charge on any atom is -0.345 e. The van der Waals surface area contributed by atoms with E-state index < -0.39 is 17.6 Å². The van der Waals surface area contributed by atoms with E-state index in [1.807, 2.05) is 24.3 Å². The maximum atomic E-state index is 13.0. The van der Waals surface area contributed by atoms with Gasteiger partial charge in [0.2, 0.25) is 0 Å². The number of nitrogens with two attached hydrogens (primary N) is 1. The Hall–Kier alpha value is -3.50. The first-order valence-corrected chi connectivity index (χ1v) is 10.7. The minimum atomic E-state index is -4.38. The van der Waals surface area contributed by atoms with Crippen LogP contribution in [0, 0.1) is 0 Å². The van der Waals surface area contributed by atoms with Gasteiger partial charge in [-0.3, -0.25) is 4.79 Å². The average molecular weight is 475 g/mol. The molecule has 0 unspecified atom stereocenters. The van der Waals surface area contributed by atoms with Crippen LogP contribution in [-0.2, 0) is 17.4 Å². The Balaban J connectivity index is 0.00000149. The largest absolute Gasteiger partial charge is 0.416 e. The molecule has 0 saturated carbocycles. The molecule has 10 heteroatoms. The summed E-state index contributed by atoms with van der Waals surface area (Å²) in [6.07, 6.45) is -0.418. The molecular formula is C23H21F3N4O2S. The van der Waals surface area contributed by atoms with Crippen molar-refractivity contribution in [3.8, 4) is 5.69 Å². The molecule has 2 aromatic heterocycles. The molecule has 172 valence electrons. The highest BCUT2D eigenvalue weighted by Gasteiger charge is 2.30. The quantitative estimate of drug-likeness (QED) is 0.410. The third kappa shape index (κ3) is 5.65. The van der Waals surface area contributed by atoms with Crippen molar-refractivity contribution in [1.29, 1.82) is 0 Å². The average Bonchev–Trinajstić information content (AvgIpc) is 3.45. The second-order valence-electron chi connectivity index (χ2n) is 6.83. The lowest BCUT2D eigenvalue weighted by Crippen LogP contribution is -2.24. The van der Waals surface area contributed by atoms with Crippen molar-refractivity contribution in [3.63, 3.8) is 0 Å². The molecule has 0 fully saturated rings. The molecule has 3 N–H and O–H groups in total. The number of aldehydes is 1. The summed E-state index contributed by atoms with van der Waals surface area (Å²) in [6, 6.07) is 12.9. The topological polar surface area (TPSA) is 90.0 Å². The summed E-state index contributed by atoms with van der Waals surface area (Å²) in [5.74, 6) is -0.401. The van der Waals surface area contributed by atoms with Crippen molar-refractivity contribution in [1.82, 2.24) is 15.1 Å². The first-order valence-electron chi connectivity index (χ1n) is 9.87. The molecule has 0 aliphatic carbocycles. The fraction of sp³-hybridized carbons (Fsp3) is 0.174. The van der Waals surface area contributed by atoms with E-state index in [0.717, 1.165) is 26.7 Å². The molecule has 6 nitrogen and oxygen atoms in total. The third-order valence-electron chi connectivity index (χ3n) is 4.64. The van der Waals surface area contributed by atoms with Gasteiger partial charge < -0.3 is 15.8 Å². The van der Waals surface area contributed by atoms with Gasteiger partial charge in [-0.1, -0.05) is 30.3 Å². The Morgan fingerprint density at radius 1 is 1.18 bits per heavy atom. The maximum Gasteiger partial charge on any atom is 0.416 e. The summed E-state index contributed by atoms with van der Waals surface area (Å²) in [5.41, 5.74) is 5.49. The van der Waals surface area contributed by atoms with Crippen LogP contribution in [0.4, 0.5) is 13.2 Å². The number of thiophene rings is 1. The lowest BCUT2D eigenvalue weighted by molar-refractivity contribution is -0.137. The van der Waals surface area contributed by atoms with Crippen LogP contribution < -0.4 is 11.1 Å². The van der Waals surface area contributed by atoms with Gasteiger partial charge in [-0.25, -0.2) is 4.68 Å². The van der Waals surface area contributed by atoms with Gasteiger partial charge in [0.15, 0.2) is 0 Å². The SMILES string of the molecule is CN.O=CCNC(=O)c1cnn(-c2cccc3cc(Cc4cccc(C(F)(F)F)c4)sc23)c1. The van der Waals surface area contributed by atoms with Gasteiger partial charge in [-0.2, -0.15) is 18.3 Å². The number of hydrogen-bond donors (Lipinski definition) is 2. The molecule has 33 heavy (non-hydrogen) atoms. The summed E-state index contributed by atoms with van der Waals surface area (Å²) in [7, 11) is 1.50. The second kappa shape index (κ2) is 10.4. The highest BCUT2D eigenvalue weighted by molar-refractivity contribution is 7.19. The van der Waals surface area contributed by atoms with Crippen molar-refractivity contribution in [3.05, 3.63) is 82.5 Å². The molecule has 2 heterocycles. The number of rotatable bonds is 6. The first-order chi connectivity index (χ1) is 15.8. The van der Waals surface area contributed by atoms with Gasteiger partial charge in [0.25, 0.3) is 5.91 Å². The van der Waals surface area contributed by atoms with Crippen LogP contribution in [0.2, 0.25) is 0 Å². The van der Waals surface area contributed by atoms with Gasteiger partial charge >= 0.3 is 6.18 Å². The Kier molecular flexibility index (Phi) is 7.62. The van der Waals surface area contributed by atoms with Crippen LogP contribution in [-0.4, -0.2) is 35.6 Å². The highest BCUT2D eigenvalue weighted by Crippen LogP contribution is 2.34. The summed E-state index contributed by atoms with van der Waals surface area (Å²) in [6.45, 7) is -0.0799. The van der Waals surface area contributed by atoms with Gasteiger partial charge in [0.05, 0.1) is 34.3 Å². The smallest absolute Gasteiger partial charge is 0.345 e. The molecule has 4 rings (SSSR count). The van der Waals surface area contributed by atoms with E-state index in [9.17, 15) is 22.8 Å². The van der Waals surface area contributed by atoms with Crippen LogP contribution in [0.25, 0.3) is 15.8 Å². The fourth-order valence-electron chi connectivity index (χ4n) is 3.24. The molecule has 4 aromatic rings. The maximum absolute atomic E-state index is 13.0. The van der Waals surface area contributed by atoms with E-state index in [1.54, 1.807) is 16.9 Å². The summed E-state index contributed by atoms with van der Waals surface area (Å²) in [5, 5.41) is 7.64. The Labute approximate surface area is 191 Å². The van der Waals surface area contributed by atoms with E-state index in [-0.39, 0.29) is 6.54 Å². The highest BCUT2D eigenvalue weighted by atomic mass is 32.1. The van der Waals surface area contributed by atoms with Crippen molar-refractivity contribution in [2.45, 2.75) is 12.6 Å². The first kappa shape index (κ1) is 24.1. The zero-order chi connectivity index (χ0) is 24.0. The third-order valence-corrected chi connectivity index (χ3v) is 5.82. The number of alkyl halides is 3. The molecular weight excluding hydrogens is 453 g/mol. The second-order valence-corrected chi connectivity index (χ2v) is 7.97. The zero-order valence-corrected chi connectivity index (χ0v) is 18.4. The predicted octanol–water partition coefficient (Wildman–Crippen LogP) is 4.20. The number of aromatic nitrogens is 2. The molecule has 0 aliphatic heterocycles. The lowest BCUT2D eigenvalue weighted by Gasteiger charge is -2.08. The van der Waals surface area contributed by atoms with Crippen LogP contribution in [0.1, 0.15) is 26.4 Å². The number of carbonyl (C=O) groups is 2. The van der Waals surface area contributed by atoms with E-state index >= 15 is 0 Å². The number of carbonyl (C=O) groups excluding carboxylic acids is 2. The van der Waals surface area contributed by atoms with E-state index in [4.69, 9.17) is 0 Å². The molecule has 0 radical (unpaired) electrons. The number of nitrogens with one attached hydrogen (secondary N) is 1. The molecule has 0 atom stereocenters. The van der Waals surface area contributed by atoms with Crippen LogP contribution in [0.3, 0.4) is 0 Å². The lowest BCUT2D eigenvalue weighted by atomic mass is 10.1. The molecule has 0 aliphatic rings. The van der Waals surface area contributed by atoms with Gasteiger partial charge in [0.1, 0.15) is 6.29 Å². The number of hydrogen-bond acceptors (Lipinski definition) is 5. The van der Waals surface area contributed by atoms with Crippen molar-refractivity contribution in [2.75, 3.05) is 13.6 Å². The standard InChI is InChI=1S/C22H16F3N3O2S.CH5N/c23-22(24,25)17-5-1-3-14(9-17)10-18-11-15-4-2-6-19(20(15)31-18)28-13-16(12-27-28)21(30)26-7-8-29;1-2/h1-6,8-9,11-13H,7,10H2,(H,26,30);2H2,1H3. The summed E-state index contributed by atoms with van der Waals surface area (Å²) >= 11 is 1.47. The monoisotopic (exact) mass is 474 g/mol. The number of fused-ring (bicyclic) bond motifs is 1. The van der Waals surface area contributed by atoms with Crippen molar-refractivity contribution < 1.29 is 22.8 Å². The van der Waals surface area contributed by atoms with Crippen LogP contribution >= 0.6 is 11.3 Å². The van der Waals surface area contributed by atoms with Gasteiger partial charge in [0, 0.05) is 17.5 Å². The number of nitrogens with zero attached hydrogens (tertiary/aromatic N) is 2. The Bertz CT molecular complexity index is 1260. The normalized spacial score (nSPS) is 11.1. The summed E-state index contributed by atoms with van der Waals surface area (Å²) in [4.78, 5) is 23.4. The summed E-state index contributed by atoms with van der Waals surface area (Å²) < 4.78 is 41.4.